The first kappa shape index (κ1) is 16.3. The molecule has 1 saturated heterocycles. The zero-order valence-electron chi connectivity index (χ0n) is 14.8. The van der Waals surface area contributed by atoms with E-state index in [9.17, 15) is 0 Å². The van der Waals surface area contributed by atoms with Gasteiger partial charge in [0.15, 0.2) is 0 Å². The van der Waals surface area contributed by atoms with Crippen molar-refractivity contribution in [3.63, 3.8) is 0 Å². The molecule has 1 unspecified atom stereocenters. The molecule has 0 bridgehead atoms. The molecular weight excluding hydrogens is 278 g/mol. The van der Waals surface area contributed by atoms with Crippen molar-refractivity contribution in [3.8, 4) is 0 Å². The van der Waals surface area contributed by atoms with E-state index in [0.29, 0.717) is 6.04 Å². The van der Waals surface area contributed by atoms with Crippen molar-refractivity contribution >= 4 is 0 Å². The molecule has 122 valence electrons. The summed E-state index contributed by atoms with van der Waals surface area (Å²) in [5.41, 5.74) is 4.46. The lowest BCUT2D eigenvalue weighted by molar-refractivity contribution is 0.187. The minimum atomic E-state index is 0.214. The third-order valence-corrected chi connectivity index (χ3v) is 4.96. The van der Waals surface area contributed by atoms with Crippen LogP contribution in [0.3, 0.4) is 0 Å². The highest BCUT2D eigenvalue weighted by Crippen LogP contribution is 2.32. The zero-order valence-corrected chi connectivity index (χ0v) is 14.8. The summed E-state index contributed by atoms with van der Waals surface area (Å²) in [5, 5.41) is 0. The van der Waals surface area contributed by atoms with Gasteiger partial charge in [0.1, 0.15) is 0 Å². The minimum absolute atomic E-state index is 0.214. The molecule has 0 N–H and O–H groups in total. The highest BCUT2D eigenvalue weighted by atomic mass is 15.2. The molecule has 0 spiro atoms. The van der Waals surface area contributed by atoms with Gasteiger partial charge in [-0.25, -0.2) is 0 Å². The molecule has 2 aromatic rings. The number of likely N-dealkylation sites (tertiary alicyclic amines) is 1. The van der Waals surface area contributed by atoms with Gasteiger partial charge >= 0.3 is 0 Å². The van der Waals surface area contributed by atoms with Gasteiger partial charge in [0.05, 0.1) is 6.04 Å². The summed E-state index contributed by atoms with van der Waals surface area (Å²) in [6, 6.07) is 20.7. The van der Waals surface area contributed by atoms with E-state index in [4.69, 9.17) is 0 Å². The van der Waals surface area contributed by atoms with Crippen LogP contribution < -0.4 is 0 Å². The Hall–Kier alpha value is -1.60. The third-order valence-electron chi connectivity index (χ3n) is 4.96. The van der Waals surface area contributed by atoms with Crippen molar-refractivity contribution in [1.29, 1.82) is 0 Å². The Morgan fingerprint density at radius 2 is 1.30 bits per heavy atom. The van der Waals surface area contributed by atoms with Gasteiger partial charge in [-0.2, -0.15) is 0 Å². The van der Waals surface area contributed by atoms with Crippen LogP contribution >= 0.6 is 0 Å². The van der Waals surface area contributed by atoms with Crippen molar-refractivity contribution in [3.05, 3.63) is 71.3 Å². The van der Waals surface area contributed by atoms with Crippen LogP contribution in [0.25, 0.3) is 0 Å². The summed E-state index contributed by atoms with van der Waals surface area (Å²) < 4.78 is 0. The first-order valence-corrected chi connectivity index (χ1v) is 8.95. The molecule has 23 heavy (non-hydrogen) atoms. The van der Waals surface area contributed by atoms with Crippen molar-refractivity contribution in [1.82, 2.24) is 4.90 Å². The number of benzene rings is 2. The maximum absolute atomic E-state index is 2.66. The fourth-order valence-corrected chi connectivity index (χ4v) is 3.59. The smallest absolute Gasteiger partial charge is 0.0601 e. The number of piperidine rings is 1. The van der Waals surface area contributed by atoms with E-state index in [0.717, 1.165) is 0 Å². The van der Waals surface area contributed by atoms with Crippen LogP contribution in [-0.2, 0) is 5.41 Å². The van der Waals surface area contributed by atoms with Crippen molar-refractivity contribution in [2.75, 3.05) is 13.1 Å². The van der Waals surface area contributed by atoms with Crippen LogP contribution in [0, 0.1) is 0 Å². The van der Waals surface area contributed by atoms with Crippen LogP contribution in [0.1, 0.15) is 62.8 Å². The average molecular weight is 307 g/mol. The van der Waals surface area contributed by atoms with Gasteiger partial charge in [0, 0.05) is 0 Å². The van der Waals surface area contributed by atoms with E-state index in [-0.39, 0.29) is 5.41 Å². The predicted molar refractivity (Wildman–Crippen MR) is 98.9 cm³/mol. The Morgan fingerprint density at radius 3 is 1.87 bits per heavy atom. The van der Waals surface area contributed by atoms with E-state index in [1.807, 2.05) is 0 Å². The Morgan fingerprint density at radius 1 is 0.739 bits per heavy atom. The number of rotatable bonds is 3. The van der Waals surface area contributed by atoms with Crippen LogP contribution in [-0.4, -0.2) is 18.0 Å². The van der Waals surface area contributed by atoms with E-state index < -0.39 is 0 Å². The quantitative estimate of drug-likeness (QED) is 0.717. The molecule has 1 nitrogen and oxygen atoms in total. The van der Waals surface area contributed by atoms with Gasteiger partial charge in [0.2, 0.25) is 0 Å². The zero-order chi connectivity index (χ0) is 16.3. The van der Waals surface area contributed by atoms with Crippen molar-refractivity contribution in [2.45, 2.75) is 51.5 Å². The number of hydrogen-bond donors (Lipinski definition) is 0. The highest BCUT2D eigenvalue weighted by molar-refractivity contribution is 5.35. The molecule has 3 rings (SSSR count). The average Bonchev–Trinajstić information content (AvgIpc) is 2.57. The van der Waals surface area contributed by atoms with E-state index in [2.05, 4.69) is 80.3 Å². The Bertz CT molecular complexity index is 601. The number of hydrogen-bond acceptors (Lipinski definition) is 1. The van der Waals surface area contributed by atoms with E-state index >= 15 is 0 Å². The lowest BCUT2D eigenvalue weighted by Crippen LogP contribution is -2.34. The van der Waals surface area contributed by atoms with E-state index in [1.54, 1.807) is 0 Å². The molecule has 0 aromatic heterocycles. The van der Waals surface area contributed by atoms with Gasteiger partial charge in [-0.3, -0.25) is 4.90 Å². The van der Waals surface area contributed by atoms with Crippen LogP contribution in [0.15, 0.2) is 54.6 Å². The first-order valence-electron chi connectivity index (χ1n) is 8.95. The van der Waals surface area contributed by atoms with Crippen LogP contribution in [0.4, 0.5) is 0 Å². The molecule has 0 saturated carbocycles. The molecule has 0 aliphatic carbocycles. The maximum Gasteiger partial charge on any atom is 0.0601 e. The van der Waals surface area contributed by atoms with Crippen molar-refractivity contribution in [2.24, 2.45) is 0 Å². The fourth-order valence-electron chi connectivity index (χ4n) is 3.59. The second-order valence-electron chi connectivity index (χ2n) is 7.78. The topological polar surface area (TPSA) is 3.24 Å². The lowest BCUT2D eigenvalue weighted by atomic mass is 9.85. The highest BCUT2D eigenvalue weighted by Gasteiger charge is 2.24. The summed E-state index contributed by atoms with van der Waals surface area (Å²) in [4.78, 5) is 2.66. The molecule has 1 aliphatic rings. The van der Waals surface area contributed by atoms with Gasteiger partial charge in [-0.15, -0.1) is 0 Å². The molecule has 1 heterocycles. The first-order chi connectivity index (χ1) is 11.1. The molecule has 2 aromatic carbocycles. The van der Waals surface area contributed by atoms with Gasteiger partial charge in [-0.1, -0.05) is 81.8 Å². The third kappa shape index (κ3) is 3.84. The minimum Gasteiger partial charge on any atom is -0.292 e. The molecule has 1 atom stereocenters. The number of nitrogens with zero attached hydrogens (tertiary/aromatic N) is 1. The van der Waals surface area contributed by atoms with Crippen LogP contribution in [0.2, 0.25) is 0 Å². The summed E-state index contributed by atoms with van der Waals surface area (Å²) in [6.45, 7) is 9.26. The fraction of sp³-hybridized carbons (Fsp3) is 0.455. The summed E-state index contributed by atoms with van der Waals surface area (Å²) in [6.07, 6.45) is 4.02. The monoisotopic (exact) mass is 307 g/mol. The standard InChI is InChI=1S/C22H29N/c1-22(2,3)20-14-12-19(13-15-20)21(18-10-6-4-7-11-18)23-16-8-5-9-17-23/h4,6-7,10-15,21H,5,8-9,16-17H2,1-3H3. The largest absolute Gasteiger partial charge is 0.292 e. The molecule has 0 radical (unpaired) electrons. The summed E-state index contributed by atoms with van der Waals surface area (Å²) in [5.74, 6) is 0. The molecule has 1 fully saturated rings. The molecule has 1 heteroatoms. The second-order valence-corrected chi connectivity index (χ2v) is 7.78. The van der Waals surface area contributed by atoms with Crippen molar-refractivity contribution < 1.29 is 0 Å². The summed E-state index contributed by atoms with van der Waals surface area (Å²) in [7, 11) is 0. The molecule has 0 amide bonds. The van der Waals surface area contributed by atoms with Crippen LogP contribution in [0.5, 0.6) is 0 Å². The Balaban J connectivity index is 1.94. The Kier molecular flexibility index (Phi) is 4.87. The lowest BCUT2D eigenvalue weighted by Gasteiger charge is -2.35. The Labute approximate surface area is 141 Å². The molecule has 1 aliphatic heterocycles. The second kappa shape index (κ2) is 6.88. The normalized spacial score (nSPS) is 17.9. The molecular formula is C22H29N. The maximum atomic E-state index is 2.66. The van der Waals surface area contributed by atoms with Gasteiger partial charge < -0.3 is 0 Å². The van der Waals surface area contributed by atoms with E-state index in [1.165, 1.54) is 49.0 Å². The summed E-state index contributed by atoms with van der Waals surface area (Å²) >= 11 is 0. The SMILES string of the molecule is CC(C)(C)c1ccc(C(c2ccccc2)N2CCCCC2)cc1. The van der Waals surface area contributed by atoms with Gasteiger partial charge in [-0.05, 0) is 48.0 Å². The predicted octanol–water partition coefficient (Wildman–Crippen LogP) is 5.56. The van der Waals surface area contributed by atoms with Gasteiger partial charge in [0.25, 0.3) is 0 Å².